The van der Waals surface area contributed by atoms with E-state index in [1.165, 1.54) is 0 Å². The first-order valence-corrected chi connectivity index (χ1v) is 5.62. The molecular weight excluding hydrogens is 192 g/mol. The lowest BCUT2D eigenvalue weighted by Gasteiger charge is -2.24. The molecule has 2 atom stereocenters. The van der Waals surface area contributed by atoms with Gasteiger partial charge in [0.25, 0.3) is 0 Å². The van der Waals surface area contributed by atoms with Crippen LogP contribution in [-0.2, 0) is 4.79 Å². The van der Waals surface area contributed by atoms with Crippen molar-refractivity contribution in [3.05, 3.63) is 0 Å². The largest absolute Gasteiger partial charge is 0.393 e. The Labute approximate surface area is 91.4 Å². The van der Waals surface area contributed by atoms with Gasteiger partial charge in [-0.15, -0.1) is 0 Å². The summed E-state index contributed by atoms with van der Waals surface area (Å²) >= 11 is 0. The van der Waals surface area contributed by atoms with Gasteiger partial charge in [-0.3, -0.25) is 4.79 Å². The Morgan fingerprint density at radius 2 is 2.13 bits per heavy atom. The maximum absolute atomic E-state index is 11.7. The molecule has 4 heteroatoms. The summed E-state index contributed by atoms with van der Waals surface area (Å²) in [6, 6.07) is 0. The van der Waals surface area contributed by atoms with E-state index in [1.807, 2.05) is 13.8 Å². The van der Waals surface area contributed by atoms with E-state index in [1.54, 1.807) is 7.05 Å². The molecule has 0 aromatic carbocycles. The average molecular weight is 214 g/mol. The second kappa shape index (κ2) is 4.94. The van der Waals surface area contributed by atoms with Gasteiger partial charge in [-0.2, -0.15) is 0 Å². The van der Waals surface area contributed by atoms with Gasteiger partial charge in [-0.25, -0.2) is 0 Å². The van der Waals surface area contributed by atoms with E-state index in [0.29, 0.717) is 6.54 Å². The normalized spacial score (nSPS) is 26.7. The van der Waals surface area contributed by atoms with Gasteiger partial charge in [0, 0.05) is 12.5 Å². The number of hydrogen-bond acceptors (Lipinski definition) is 3. The number of aliphatic hydroxyl groups excluding tert-OH is 1. The van der Waals surface area contributed by atoms with Crippen molar-refractivity contribution >= 4 is 5.91 Å². The minimum absolute atomic E-state index is 0.0101. The highest BCUT2D eigenvalue weighted by molar-refractivity contribution is 5.85. The molecule has 4 nitrogen and oxygen atoms in total. The number of carbonyl (C=O) groups excluding carboxylic acids is 1. The highest BCUT2D eigenvalue weighted by Crippen LogP contribution is 2.24. The zero-order valence-corrected chi connectivity index (χ0v) is 9.84. The highest BCUT2D eigenvalue weighted by Gasteiger charge is 2.29. The molecule has 1 rings (SSSR count). The van der Waals surface area contributed by atoms with Gasteiger partial charge in [-0.1, -0.05) is 6.42 Å². The van der Waals surface area contributed by atoms with Crippen LogP contribution in [0.1, 0.15) is 33.1 Å². The van der Waals surface area contributed by atoms with E-state index >= 15 is 0 Å². The quantitative estimate of drug-likeness (QED) is 0.629. The number of rotatable bonds is 4. The van der Waals surface area contributed by atoms with Crippen molar-refractivity contribution in [2.24, 2.45) is 5.92 Å². The van der Waals surface area contributed by atoms with Gasteiger partial charge in [0.15, 0.2) is 0 Å². The minimum atomic E-state index is -0.538. The molecule has 0 aromatic heterocycles. The maximum Gasteiger partial charge on any atom is 0.239 e. The number of nitrogens with one attached hydrogen (secondary N) is 2. The van der Waals surface area contributed by atoms with Crippen molar-refractivity contribution in [3.8, 4) is 0 Å². The van der Waals surface area contributed by atoms with Crippen molar-refractivity contribution in [2.45, 2.75) is 44.8 Å². The van der Waals surface area contributed by atoms with Gasteiger partial charge in [0.1, 0.15) is 0 Å². The molecule has 88 valence electrons. The van der Waals surface area contributed by atoms with Crippen LogP contribution in [0.4, 0.5) is 0 Å². The summed E-state index contributed by atoms with van der Waals surface area (Å²) in [6.07, 6.45) is 2.72. The van der Waals surface area contributed by atoms with Gasteiger partial charge < -0.3 is 15.7 Å². The fourth-order valence-corrected chi connectivity index (χ4v) is 1.81. The summed E-state index contributed by atoms with van der Waals surface area (Å²) in [6.45, 7) is 4.27. The Balaban J connectivity index is 2.34. The molecule has 0 aliphatic heterocycles. The van der Waals surface area contributed by atoms with Crippen molar-refractivity contribution in [1.82, 2.24) is 10.6 Å². The zero-order chi connectivity index (χ0) is 11.5. The van der Waals surface area contributed by atoms with E-state index in [0.717, 1.165) is 19.3 Å². The third-order valence-corrected chi connectivity index (χ3v) is 3.34. The van der Waals surface area contributed by atoms with Gasteiger partial charge >= 0.3 is 0 Å². The number of hydrogen-bond donors (Lipinski definition) is 3. The predicted octanol–water partition coefficient (Wildman–Crippen LogP) is 0.262. The van der Waals surface area contributed by atoms with Crippen LogP contribution in [0.25, 0.3) is 0 Å². The van der Waals surface area contributed by atoms with Crippen LogP contribution in [0, 0.1) is 5.92 Å². The summed E-state index contributed by atoms with van der Waals surface area (Å²) < 4.78 is 0. The van der Waals surface area contributed by atoms with E-state index in [9.17, 15) is 9.90 Å². The van der Waals surface area contributed by atoms with E-state index in [-0.39, 0.29) is 17.9 Å². The molecular formula is C11H22N2O2. The Morgan fingerprint density at radius 1 is 1.47 bits per heavy atom. The summed E-state index contributed by atoms with van der Waals surface area (Å²) in [5.74, 6) is 0.228. The molecule has 0 saturated heterocycles. The third-order valence-electron chi connectivity index (χ3n) is 3.34. The molecule has 0 aromatic rings. The molecule has 2 unspecified atom stereocenters. The summed E-state index contributed by atoms with van der Waals surface area (Å²) in [7, 11) is 1.77. The van der Waals surface area contributed by atoms with E-state index in [4.69, 9.17) is 0 Å². The molecule has 1 saturated carbocycles. The highest BCUT2D eigenvalue weighted by atomic mass is 16.3. The molecule has 1 amide bonds. The molecule has 1 aliphatic carbocycles. The molecule has 0 heterocycles. The molecule has 3 N–H and O–H groups in total. The third kappa shape index (κ3) is 3.18. The van der Waals surface area contributed by atoms with Crippen molar-refractivity contribution in [3.63, 3.8) is 0 Å². The SMILES string of the molecule is CNC(C)(C)C(=O)NCC1CCCC1O. The second-order valence-corrected chi connectivity index (χ2v) is 4.84. The number of carbonyl (C=O) groups is 1. The number of aliphatic hydroxyl groups is 1. The first-order chi connectivity index (χ1) is 6.97. The van der Waals surface area contributed by atoms with Crippen LogP contribution >= 0.6 is 0 Å². The van der Waals surface area contributed by atoms with Crippen LogP contribution in [0.3, 0.4) is 0 Å². The molecule has 15 heavy (non-hydrogen) atoms. The lowest BCUT2D eigenvalue weighted by molar-refractivity contribution is -0.126. The van der Waals surface area contributed by atoms with Crippen molar-refractivity contribution < 1.29 is 9.90 Å². The lowest BCUT2D eigenvalue weighted by Crippen LogP contribution is -2.52. The monoisotopic (exact) mass is 214 g/mol. The standard InChI is InChI=1S/C11H22N2O2/c1-11(2,12-3)10(15)13-7-8-5-4-6-9(8)14/h8-9,12,14H,4-7H2,1-3H3,(H,13,15). The predicted molar refractivity (Wildman–Crippen MR) is 59.5 cm³/mol. The van der Waals surface area contributed by atoms with Gasteiger partial charge in [0.2, 0.25) is 5.91 Å². The first-order valence-electron chi connectivity index (χ1n) is 5.62. The zero-order valence-electron chi connectivity index (χ0n) is 9.84. The van der Waals surface area contributed by atoms with Crippen LogP contribution in [0.2, 0.25) is 0 Å². The minimum Gasteiger partial charge on any atom is -0.393 e. The average Bonchev–Trinajstić information content (AvgIpc) is 2.60. The number of likely N-dealkylation sites (N-methyl/N-ethyl adjacent to an activating group) is 1. The van der Waals surface area contributed by atoms with Crippen LogP contribution in [0.5, 0.6) is 0 Å². The Bertz CT molecular complexity index is 229. The van der Waals surface area contributed by atoms with Crippen LogP contribution < -0.4 is 10.6 Å². The summed E-state index contributed by atoms with van der Waals surface area (Å²) in [5, 5.41) is 15.4. The molecule has 1 aliphatic rings. The van der Waals surface area contributed by atoms with Crippen molar-refractivity contribution in [2.75, 3.05) is 13.6 Å². The maximum atomic E-state index is 11.7. The van der Waals surface area contributed by atoms with Crippen LogP contribution in [-0.4, -0.2) is 36.2 Å². The smallest absolute Gasteiger partial charge is 0.239 e. The Morgan fingerprint density at radius 3 is 2.60 bits per heavy atom. The van der Waals surface area contributed by atoms with Crippen LogP contribution in [0.15, 0.2) is 0 Å². The number of amides is 1. The van der Waals surface area contributed by atoms with Gasteiger partial charge in [0.05, 0.1) is 11.6 Å². The molecule has 0 bridgehead atoms. The molecule has 1 fully saturated rings. The summed E-state index contributed by atoms with van der Waals surface area (Å²) in [5.41, 5.74) is -0.538. The Kier molecular flexibility index (Phi) is 4.11. The van der Waals surface area contributed by atoms with Gasteiger partial charge in [-0.05, 0) is 33.7 Å². The van der Waals surface area contributed by atoms with E-state index in [2.05, 4.69) is 10.6 Å². The first kappa shape index (κ1) is 12.5. The Hall–Kier alpha value is -0.610. The second-order valence-electron chi connectivity index (χ2n) is 4.84. The molecule has 0 spiro atoms. The summed E-state index contributed by atoms with van der Waals surface area (Å²) in [4.78, 5) is 11.7. The lowest BCUT2D eigenvalue weighted by atomic mass is 10.0. The fourth-order valence-electron chi connectivity index (χ4n) is 1.81. The molecule has 0 radical (unpaired) electrons. The fraction of sp³-hybridized carbons (Fsp3) is 0.909. The topological polar surface area (TPSA) is 61.4 Å². The van der Waals surface area contributed by atoms with E-state index < -0.39 is 5.54 Å². The van der Waals surface area contributed by atoms with Crippen molar-refractivity contribution in [1.29, 1.82) is 0 Å².